The quantitative estimate of drug-likeness (QED) is 0.669. The SMILES string of the molecule is Cc1cc(C)c(C(=O)c2cc(N)c(F)cc2F)s1. The van der Waals surface area contributed by atoms with Gasteiger partial charge in [-0.15, -0.1) is 11.3 Å². The van der Waals surface area contributed by atoms with Crippen LogP contribution in [0.4, 0.5) is 14.5 Å². The lowest BCUT2D eigenvalue weighted by Gasteiger charge is -2.04. The van der Waals surface area contributed by atoms with Gasteiger partial charge >= 0.3 is 0 Å². The number of benzene rings is 1. The van der Waals surface area contributed by atoms with E-state index in [1.165, 1.54) is 11.3 Å². The largest absolute Gasteiger partial charge is 0.396 e. The Labute approximate surface area is 107 Å². The summed E-state index contributed by atoms with van der Waals surface area (Å²) >= 11 is 1.29. The van der Waals surface area contributed by atoms with Gasteiger partial charge in [0.2, 0.25) is 5.78 Å². The fraction of sp³-hybridized carbons (Fsp3) is 0.154. The third kappa shape index (κ3) is 2.13. The van der Waals surface area contributed by atoms with Gasteiger partial charge in [-0.2, -0.15) is 0 Å². The molecule has 0 aliphatic carbocycles. The van der Waals surface area contributed by atoms with Gasteiger partial charge in [0.1, 0.15) is 11.6 Å². The lowest BCUT2D eigenvalue weighted by atomic mass is 10.1. The average Bonchev–Trinajstić information content (AvgIpc) is 2.62. The number of hydrogen-bond donors (Lipinski definition) is 1. The van der Waals surface area contributed by atoms with Gasteiger partial charge in [0, 0.05) is 10.9 Å². The Morgan fingerprint density at radius 2 is 1.83 bits per heavy atom. The number of aryl methyl sites for hydroxylation is 2. The highest BCUT2D eigenvalue weighted by Gasteiger charge is 2.19. The Hall–Kier alpha value is -1.75. The molecule has 5 heteroatoms. The fourth-order valence-electron chi connectivity index (χ4n) is 1.73. The van der Waals surface area contributed by atoms with E-state index in [1.807, 2.05) is 13.0 Å². The van der Waals surface area contributed by atoms with Crippen molar-refractivity contribution in [2.45, 2.75) is 13.8 Å². The lowest BCUT2D eigenvalue weighted by Crippen LogP contribution is -2.06. The summed E-state index contributed by atoms with van der Waals surface area (Å²) in [5.74, 6) is -2.21. The molecule has 2 rings (SSSR count). The second-order valence-corrected chi connectivity index (χ2v) is 5.31. The van der Waals surface area contributed by atoms with Crippen LogP contribution in [0, 0.1) is 25.5 Å². The predicted octanol–water partition coefficient (Wildman–Crippen LogP) is 3.46. The molecule has 0 atom stereocenters. The van der Waals surface area contributed by atoms with E-state index in [-0.39, 0.29) is 11.3 Å². The maximum absolute atomic E-state index is 13.6. The van der Waals surface area contributed by atoms with Crippen LogP contribution in [0.25, 0.3) is 0 Å². The molecule has 1 heterocycles. The molecule has 94 valence electrons. The normalized spacial score (nSPS) is 10.7. The average molecular weight is 267 g/mol. The van der Waals surface area contributed by atoms with Gasteiger partial charge in [0.05, 0.1) is 16.1 Å². The molecule has 2 nitrogen and oxygen atoms in total. The fourth-order valence-corrected chi connectivity index (χ4v) is 2.71. The number of nitrogens with two attached hydrogens (primary N) is 1. The number of nitrogen functional groups attached to an aromatic ring is 1. The van der Waals surface area contributed by atoms with Crippen LogP contribution < -0.4 is 5.73 Å². The van der Waals surface area contributed by atoms with Gasteiger partial charge < -0.3 is 5.73 Å². The monoisotopic (exact) mass is 267 g/mol. The molecule has 0 bridgehead atoms. The maximum atomic E-state index is 13.6. The molecular weight excluding hydrogens is 256 g/mol. The van der Waals surface area contributed by atoms with E-state index >= 15 is 0 Å². The molecule has 0 radical (unpaired) electrons. The second-order valence-electron chi connectivity index (χ2n) is 4.05. The minimum Gasteiger partial charge on any atom is -0.396 e. The standard InChI is InChI=1S/C13H11F2NOS/c1-6-3-7(2)18-13(6)12(17)8-4-11(16)10(15)5-9(8)14/h3-5H,16H2,1-2H3. The third-order valence-corrected chi connectivity index (χ3v) is 3.73. The van der Waals surface area contributed by atoms with Crippen LogP contribution in [0.3, 0.4) is 0 Å². The molecular formula is C13H11F2NOS. The van der Waals surface area contributed by atoms with Crippen molar-refractivity contribution in [3.63, 3.8) is 0 Å². The van der Waals surface area contributed by atoms with Gasteiger partial charge in [-0.25, -0.2) is 8.78 Å². The first-order chi connectivity index (χ1) is 8.40. The molecule has 1 aromatic heterocycles. The highest BCUT2D eigenvalue weighted by Crippen LogP contribution is 2.26. The van der Waals surface area contributed by atoms with Crippen LogP contribution >= 0.6 is 11.3 Å². The molecule has 18 heavy (non-hydrogen) atoms. The molecule has 1 aromatic carbocycles. The van der Waals surface area contributed by atoms with Crippen molar-refractivity contribution in [1.29, 1.82) is 0 Å². The first kappa shape index (κ1) is 12.7. The van der Waals surface area contributed by atoms with Crippen LogP contribution in [0.2, 0.25) is 0 Å². The zero-order valence-electron chi connectivity index (χ0n) is 9.88. The summed E-state index contributed by atoms with van der Waals surface area (Å²) in [6.07, 6.45) is 0. The Morgan fingerprint density at radius 1 is 1.17 bits per heavy atom. The van der Waals surface area contributed by atoms with Gasteiger partial charge in [0.15, 0.2) is 0 Å². The van der Waals surface area contributed by atoms with Crippen LogP contribution in [-0.2, 0) is 0 Å². The van der Waals surface area contributed by atoms with Crippen molar-refractivity contribution in [3.05, 3.63) is 50.7 Å². The Balaban J connectivity index is 2.53. The lowest BCUT2D eigenvalue weighted by molar-refractivity contribution is 0.103. The molecule has 0 aliphatic heterocycles. The number of halogens is 2. The van der Waals surface area contributed by atoms with E-state index in [0.717, 1.165) is 16.5 Å². The zero-order chi connectivity index (χ0) is 13.4. The van der Waals surface area contributed by atoms with E-state index in [0.29, 0.717) is 10.9 Å². The summed E-state index contributed by atoms with van der Waals surface area (Å²) in [5.41, 5.74) is 5.71. The third-order valence-electron chi connectivity index (χ3n) is 2.58. The summed E-state index contributed by atoms with van der Waals surface area (Å²) in [7, 11) is 0. The molecule has 0 aliphatic rings. The molecule has 0 unspecified atom stereocenters. The molecule has 0 fully saturated rings. The van der Waals surface area contributed by atoms with Gasteiger partial charge in [-0.05, 0) is 31.5 Å². The van der Waals surface area contributed by atoms with Gasteiger partial charge in [-0.1, -0.05) is 0 Å². The summed E-state index contributed by atoms with van der Waals surface area (Å²) in [6, 6.07) is 3.53. The highest BCUT2D eigenvalue weighted by atomic mass is 32.1. The molecule has 2 aromatic rings. The molecule has 0 saturated carbocycles. The number of ketones is 1. The van der Waals surface area contributed by atoms with Crippen molar-refractivity contribution >= 4 is 22.8 Å². The predicted molar refractivity (Wildman–Crippen MR) is 68.0 cm³/mol. The first-order valence-electron chi connectivity index (χ1n) is 5.26. The Morgan fingerprint density at radius 3 is 2.39 bits per heavy atom. The molecule has 2 N–H and O–H groups in total. The van der Waals surface area contributed by atoms with E-state index < -0.39 is 17.4 Å². The van der Waals surface area contributed by atoms with Crippen LogP contribution in [0.5, 0.6) is 0 Å². The van der Waals surface area contributed by atoms with Crippen molar-refractivity contribution < 1.29 is 13.6 Å². The minimum absolute atomic E-state index is 0.196. The first-order valence-corrected chi connectivity index (χ1v) is 6.08. The van der Waals surface area contributed by atoms with Crippen molar-refractivity contribution in [2.75, 3.05) is 5.73 Å². The summed E-state index contributed by atoms with van der Waals surface area (Å²) < 4.78 is 26.6. The number of anilines is 1. The van der Waals surface area contributed by atoms with Gasteiger partial charge in [0.25, 0.3) is 0 Å². The van der Waals surface area contributed by atoms with Crippen LogP contribution in [-0.4, -0.2) is 5.78 Å². The number of hydrogen-bond acceptors (Lipinski definition) is 3. The van der Waals surface area contributed by atoms with Crippen molar-refractivity contribution in [1.82, 2.24) is 0 Å². The van der Waals surface area contributed by atoms with Gasteiger partial charge in [-0.3, -0.25) is 4.79 Å². The number of thiophene rings is 1. The minimum atomic E-state index is -0.892. The molecule has 0 spiro atoms. The number of rotatable bonds is 2. The second kappa shape index (κ2) is 4.49. The number of carbonyl (C=O) groups excluding carboxylic acids is 1. The Kier molecular flexibility index (Phi) is 3.17. The summed E-state index contributed by atoms with van der Waals surface area (Å²) in [5, 5.41) is 0. The summed E-state index contributed by atoms with van der Waals surface area (Å²) in [4.78, 5) is 13.6. The topological polar surface area (TPSA) is 43.1 Å². The van der Waals surface area contributed by atoms with Crippen LogP contribution in [0.15, 0.2) is 18.2 Å². The van der Waals surface area contributed by atoms with Crippen molar-refractivity contribution in [3.8, 4) is 0 Å². The zero-order valence-corrected chi connectivity index (χ0v) is 10.7. The van der Waals surface area contributed by atoms with E-state index in [1.54, 1.807) is 6.92 Å². The Bertz CT molecular complexity index is 634. The molecule has 0 saturated heterocycles. The van der Waals surface area contributed by atoms with E-state index in [9.17, 15) is 13.6 Å². The smallest absolute Gasteiger partial charge is 0.206 e. The van der Waals surface area contributed by atoms with Crippen LogP contribution in [0.1, 0.15) is 25.7 Å². The van der Waals surface area contributed by atoms with Crippen molar-refractivity contribution in [2.24, 2.45) is 0 Å². The van der Waals surface area contributed by atoms with E-state index in [4.69, 9.17) is 5.73 Å². The summed E-state index contributed by atoms with van der Waals surface area (Å²) in [6.45, 7) is 3.64. The highest BCUT2D eigenvalue weighted by molar-refractivity contribution is 7.14. The van der Waals surface area contributed by atoms with E-state index in [2.05, 4.69) is 0 Å². The maximum Gasteiger partial charge on any atom is 0.206 e. The molecule has 0 amide bonds. The number of carbonyl (C=O) groups is 1.